The molecule has 0 aliphatic rings. The van der Waals surface area contributed by atoms with E-state index in [0.717, 1.165) is 61.3 Å². The number of hydrogen-bond donors (Lipinski definition) is 0. The molecular formula is C33H22N6. The van der Waals surface area contributed by atoms with E-state index in [-0.39, 0.29) is 0 Å². The number of imidazole rings is 3. The van der Waals surface area contributed by atoms with E-state index >= 15 is 0 Å². The summed E-state index contributed by atoms with van der Waals surface area (Å²) in [5.41, 5.74) is 11.3. The van der Waals surface area contributed by atoms with E-state index in [0.29, 0.717) is 0 Å². The topological polar surface area (TPSA) is 53.5 Å². The van der Waals surface area contributed by atoms with Crippen molar-refractivity contribution in [3.63, 3.8) is 0 Å². The van der Waals surface area contributed by atoms with E-state index in [1.54, 1.807) is 0 Å². The third-order valence-electron chi connectivity index (χ3n) is 7.33. The molecule has 3 aromatic heterocycles. The van der Waals surface area contributed by atoms with Crippen LogP contribution in [0, 0.1) is 0 Å². The van der Waals surface area contributed by atoms with Crippen molar-refractivity contribution in [3.8, 4) is 28.2 Å². The third-order valence-corrected chi connectivity index (χ3v) is 7.33. The van der Waals surface area contributed by atoms with Crippen molar-refractivity contribution in [2.75, 3.05) is 0 Å². The summed E-state index contributed by atoms with van der Waals surface area (Å²) in [5, 5.41) is 0. The summed E-state index contributed by atoms with van der Waals surface area (Å²) < 4.78 is 6.52. The molecule has 0 fully saturated rings. The molecule has 0 saturated heterocycles. The average molecular weight is 503 g/mol. The lowest BCUT2D eigenvalue weighted by molar-refractivity contribution is 1.05. The van der Waals surface area contributed by atoms with E-state index in [2.05, 4.69) is 97.5 Å². The van der Waals surface area contributed by atoms with Gasteiger partial charge in [-0.05, 0) is 54.6 Å². The predicted molar refractivity (Wildman–Crippen MR) is 156 cm³/mol. The Hall–Kier alpha value is -5.49. The maximum atomic E-state index is 4.71. The van der Waals surface area contributed by atoms with Crippen LogP contribution in [0.3, 0.4) is 0 Å². The summed E-state index contributed by atoms with van der Waals surface area (Å²) in [6, 6.07) is 39.6. The molecule has 39 heavy (non-hydrogen) atoms. The molecule has 0 saturated carbocycles. The van der Waals surface area contributed by atoms with Gasteiger partial charge < -0.3 is 0 Å². The summed E-state index contributed by atoms with van der Waals surface area (Å²) in [6.07, 6.45) is 5.73. The van der Waals surface area contributed by atoms with E-state index in [4.69, 9.17) is 9.97 Å². The van der Waals surface area contributed by atoms with Crippen molar-refractivity contribution in [3.05, 3.63) is 134 Å². The van der Waals surface area contributed by atoms with Gasteiger partial charge >= 0.3 is 0 Å². The van der Waals surface area contributed by atoms with Gasteiger partial charge in [0.1, 0.15) is 19.0 Å². The standard InChI is InChI=1S/C33H22N6/c1-5-14-27(37-20-34-24-11-2-6-15-28(24)37)23(10-1)33-31(38-21-35-25-12-3-7-16-29(25)38)18-9-19-32(33)39-22-36-26-13-4-8-17-30(26)39/h1-22H. The van der Waals surface area contributed by atoms with Crippen LogP contribution in [0.1, 0.15) is 0 Å². The minimum Gasteiger partial charge on any atom is -0.298 e. The molecular weight excluding hydrogens is 480 g/mol. The summed E-state index contributed by atoms with van der Waals surface area (Å²) in [5.74, 6) is 0. The van der Waals surface area contributed by atoms with Gasteiger partial charge in [0.25, 0.3) is 0 Å². The lowest BCUT2D eigenvalue weighted by Gasteiger charge is -2.20. The Morgan fingerprint density at radius 1 is 0.359 bits per heavy atom. The van der Waals surface area contributed by atoms with Gasteiger partial charge in [0, 0.05) is 11.1 Å². The highest BCUT2D eigenvalue weighted by Gasteiger charge is 2.20. The van der Waals surface area contributed by atoms with Crippen LogP contribution < -0.4 is 0 Å². The molecule has 0 bridgehead atoms. The molecule has 0 amide bonds. The van der Waals surface area contributed by atoms with E-state index in [1.165, 1.54) is 0 Å². The molecule has 0 atom stereocenters. The second kappa shape index (κ2) is 8.53. The zero-order valence-electron chi connectivity index (χ0n) is 20.9. The molecule has 6 nitrogen and oxygen atoms in total. The highest BCUT2D eigenvalue weighted by Crippen LogP contribution is 2.39. The summed E-state index contributed by atoms with van der Waals surface area (Å²) in [7, 11) is 0. The van der Waals surface area contributed by atoms with Crippen LogP contribution in [0.15, 0.2) is 134 Å². The second-order valence-corrected chi connectivity index (χ2v) is 9.50. The van der Waals surface area contributed by atoms with Crippen LogP contribution in [-0.2, 0) is 0 Å². The summed E-state index contributed by atoms with van der Waals surface area (Å²) in [6.45, 7) is 0. The first-order valence-electron chi connectivity index (χ1n) is 12.9. The molecule has 0 radical (unpaired) electrons. The molecule has 6 heteroatoms. The number of rotatable bonds is 4. The highest BCUT2D eigenvalue weighted by atomic mass is 15.1. The Morgan fingerprint density at radius 3 is 1.26 bits per heavy atom. The molecule has 0 aliphatic carbocycles. The van der Waals surface area contributed by atoms with Crippen LogP contribution in [0.25, 0.3) is 61.3 Å². The van der Waals surface area contributed by atoms with Crippen molar-refractivity contribution in [1.29, 1.82) is 0 Å². The van der Waals surface area contributed by atoms with Crippen molar-refractivity contribution in [1.82, 2.24) is 28.7 Å². The predicted octanol–water partition coefficient (Wildman–Crippen LogP) is 7.37. The van der Waals surface area contributed by atoms with Gasteiger partial charge in [-0.3, -0.25) is 13.7 Å². The zero-order chi connectivity index (χ0) is 25.8. The Kier molecular flexibility index (Phi) is 4.72. The minimum absolute atomic E-state index is 0.954. The number of hydrogen-bond acceptors (Lipinski definition) is 3. The van der Waals surface area contributed by atoms with Gasteiger partial charge in [-0.2, -0.15) is 0 Å². The highest BCUT2D eigenvalue weighted by molar-refractivity contribution is 5.92. The fourth-order valence-electron chi connectivity index (χ4n) is 5.55. The Morgan fingerprint density at radius 2 is 0.744 bits per heavy atom. The maximum absolute atomic E-state index is 4.71. The quantitative estimate of drug-likeness (QED) is 0.252. The Bertz CT molecular complexity index is 2050. The van der Waals surface area contributed by atoms with Crippen molar-refractivity contribution >= 4 is 33.1 Å². The number of nitrogens with zero attached hydrogens (tertiary/aromatic N) is 6. The van der Waals surface area contributed by atoms with E-state index in [1.807, 2.05) is 55.4 Å². The first-order valence-corrected chi connectivity index (χ1v) is 12.9. The molecule has 3 heterocycles. The third kappa shape index (κ3) is 3.32. The normalized spacial score (nSPS) is 11.6. The fraction of sp³-hybridized carbons (Fsp3) is 0. The number of benzene rings is 5. The average Bonchev–Trinajstić information content (AvgIpc) is 3.74. The van der Waals surface area contributed by atoms with Crippen LogP contribution in [-0.4, -0.2) is 28.7 Å². The van der Waals surface area contributed by atoms with Crippen LogP contribution >= 0.6 is 0 Å². The van der Waals surface area contributed by atoms with Gasteiger partial charge in [0.2, 0.25) is 0 Å². The molecule has 5 aromatic carbocycles. The second-order valence-electron chi connectivity index (χ2n) is 9.50. The fourth-order valence-corrected chi connectivity index (χ4v) is 5.55. The smallest absolute Gasteiger partial charge is 0.100 e. The van der Waals surface area contributed by atoms with Crippen molar-refractivity contribution in [2.45, 2.75) is 0 Å². The first kappa shape index (κ1) is 21.6. The lowest BCUT2D eigenvalue weighted by atomic mass is 9.98. The zero-order valence-corrected chi connectivity index (χ0v) is 20.9. The molecule has 0 aliphatic heterocycles. The van der Waals surface area contributed by atoms with E-state index in [9.17, 15) is 0 Å². The number of fused-ring (bicyclic) bond motifs is 3. The lowest BCUT2D eigenvalue weighted by Crippen LogP contribution is -2.04. The van der Waals surface area contributed by atoms with Gasteiger partial charge in [0.05, 0.1) is 50.2 Å². The molecule has 8 aromatic rings. The molecule has 0 N–H and O–H groups in total. The minimum atomic E-state index is 0.954. The number of para-hydroxylation sites is 7. The maximum Gasteiger partial charge on any atom is 0.100 e. The largest absolute Gasteiger partial charge is 0.298 e. The van der Waals surface area contributed by atoms with Crippen LogP contribution in [0.4, 0.5) is 0 Å². The summed E-state index contributed by atoms with van der Waals surface area (Å²) >= 11 is 0. The monoisotopic (exact) mass is 502 g/mol. The first-order chi connectivity index (χ1) is 19.4. The van der Waals surface area contributed by atoms with Crippen LogP contribution in [0.2, 0.25) is 0 Å². The molecule has 8 rings (SSSR count). The molecule has 0 unspecified atom stereocenters. The molecule has 184 valence electrons. The molecule has 0 spiro atoms. The van der Waals surface area contributed by atoms with Crippen molar-refractivity contribution < 1.29 is 0 Å². The Balaban J connectivity index is 1.48. The SMILES string of the molecule is c1ccc(-n2cnc3ccccc32)c(-c2c(-n3cnc4ccccc43)cccc2-n2cnc3ccccc32)c1. The summed E-state index contributed by atoms with van der Waals surface area (Å²) in [4.78, 5) is 14.1. The number of aromatic nitrogens is 6. The van der Waals surface area contributed by atoms with E-state index < -0.39 is 0 Å². The van der Waals surface area contributed by atoms with Gasteiger partial charge in [-0.15, -0.1) is 0 Å². The Labute approximate surface area is 224 Å². The van der Waals surface area contributed by atoms with Crippen molar-refractivity contribution in [2.24, 2.45) is 0 Å². The van der Waals surface area contributed by atoms with Gasteiger partial charge in [-0.25, -0.2) is 15.0 Å². The van der Waals surface area contributed by atoms with Gasteiger partial charge in [0.15, 0.2) is 0 Å². The van der Waals surface area contributed by atoms with Crippen LogP contribution in [0.5, 0.6) is 0 Å². The van der Waals surface area contributed by atoms with Gasteiger partial charge in [-0.1, -0.05) is 60.7 Å².